The zero-order valence-corrected chi connectivity index (χ0v) is 12.7. The van der Waals surface area contributed by atoms with Crippen LogP contribution in [0.2, 0.25) is 5.02 Å². The fourth-order valence-electron chi connectivity index (χ4n) is 2.30. The molecule has 120 valence electrons. The highest BCUT2D eigenvalue weighted by Crippen LogP contribution is 2.32. The maximum Gasteiger partial charge on any atom is 0.260 e. The van der Waals surface area contributed by atoms with Crippen molar-refractivity contribution >= 4 is 28.9 Å². The molecule has 7 heteroatoms. The summed E-state index contributed by atoms with van der Waals surface area (Å²) in [7, 11) is 0. The first kappa shape index (κ1) is 15.6. The van der Waals surface area contributed by atoms with Crippen molar-refractivity contribution in [2.75, 3.05) is 23.8 Å². The summed E-state index contributed by atoms with van der Waals surface area (Å²) in [5.41, 5.74) is 0.968. The Kier molecular flexibility index (Phi) is 4.36. The molecule has 0 aliphatic carbocycles. The third kappa shape index (κ3) is 3.23. The number of rotatable bonds is 3. The third-order valence-electron chi connectivity index (χ3n) is 3.44. The molecular formula is C16H14ClFN2O3. The Hall–Kier alpha value is -2.31. The molecule has 0 fully saturated rings. The minimum Gasteiger partial charge on any atom is -0.484 e. The molecule has 0 aromatic heterocycles. The topological polar surface area (TPSA) is 70.6 Å². The number of nitrogens with one attached hydrogen (secondary N) is 2. The van der Waals surface area contributed by atoms with Crippen LogP contribution in [0.15, 0.2) is 36.4 Å². The van der Waals surface area contributed by atoms with E-state index in [0.717, 1.165) is 0 Å². The largest absolute Gasteiger partial charge is 0.484 e. The zero-order chi connectivity index (χ0) is 16.4. The van der Waals surface area contributed by atoms with Gasteiger partial charge in [0.25, 0.3) is 5.91 Å². The van der Waals surface area contributed by atoms with Gasteiger partial charge in [0, 0.05) is 5.69 Å². The standard InChI is InChI=1S/C16H14ClFN2O3/c17-11-2-1-3-12(18)15(11)16(22)20-9-4-5-14-13(6-9)19-7-10(8-21)23-14/h1-6,10,19,21H,7-8H2,(H,20,22)/t10-/m1/s1. The number of aliphatic hydroxyl groups is 1. The molecule has 0 saturated carbocycles. The third-order valence-corrected chi connectivity index (χ3v) is 3.76. The van der Waals surface area contributed by atoms with Gasteiger partial charge >= 0.3 is 0 Å². The van der Waals surface area contributed by atoms with Crippen molar-refractivity contribution in [2.24, 2.45) is 0 Å². The monoisotopic (exact) mass is 336 g/mol. The van der Waals surface area contributed by atoms with Crippen molar-refractivity contribution in [3.8, 4) is 5.75 Å². The summed E-state index contributed by atoms with van der Waals surface area (Å²) in [5.74, 6) is -0.726. The molecule has 3 N–H and O–H groups in total. The Balaban J connectivity index is 1.80. The molecule has 3 rings (SSSR count). The van der Waals surface area contributed by atoms with Crippen LogP contribution in [0.25, 0.3) is 0 Å². The van der Waals surface area contributed by atoms with E-state index in [0.29, 0.717) is 23.7 Å². The summed E-state index contributed by atoms with van der Waals surface area (Å²) in [4.78, 5) is 12.2. The Bertz CT molecular complexity index is 734. The van der Waals surface area contributed by atoms with Gasteiger partial charge in [-0.25, -0.2) is 4.39 Å². The van der Waals surface area contributed by atoms with Crippen molar-refractivity contribution in [3.05, 3.63) is 52.8 Å². The van der Waals surface area contributed by atoms with Crippen molar-refractivity contribution in [2.45, 2.75) is 6.10 Å². The second-order valence-electron chi connectivity index (χ2n) is 5.07. The molecule has 5 nitrogen and oxygen atoms in total. The van der Waals surface area contributed by atoms with Crippen LogP contribution in [-0.2, 0) is 0 Å². The van der Waals surface area contributed by atoms with Crippen LogP contribution < -0.4 is 15.4 Å². The molecule has 0 bridgehead atoms. The van der Waals surface area contributed by atoms with Crippen molar-refractivity contribution < 1.29 is 19.0 Å². The van der Waals surface area contributed by atoms with E-state index in [1.54, 1.807) is 18.2 Å². The van der Waals surface area contributed by atoms with Gasteiger partial charge in [0.05, 0.1) is 29.4 Å². The van der Waals surface area contributed by atoms with Crippen LogP contribution in [0, 0.1) is 5.82 Å². The van der Waals surface area contributed by atoms with Gasteiger partial charge in [0.1, 0.15) is 17.7 Å². The van der Waals surface area contributed by atoms with Crippen LogP contribution in [0.4, 0.5) is 15.8 Å². The van der Waals surface area contributed by atoms with Crippen LogP contribution in [-0.4, -0.2) is 30.3 Å². The molecule has 1 amide bonds. The maximum atomic E-state index is 13.8. The number of fused-ring (bicyclic) bond motifs is 1. The number of amides is 1. The number of aliphatic hydroxyl groups excluding tert-OH is 1. The van der Waals surface area contributed by atoms with Gasteiger partial charge in [-0.1, -0.05) is 17.7 Å². The number of carbonyl (C=O) groups is 1. The molecule has 0 radical (unpaired) electrons. The van der Waals surface area contributed by atoms with Gasteiger partial charge in [0.15, 0.2) is 0 Å². The lowest BCUT2D eigenvalue weighted by Crippen LogP contribution is -2.33. The Morgan fingerprint density at radius 3 is 3.00 bits per heavy atom. The number of ether oxygens (including phenoxy) is 1. The molecule has 2 aromatic carbocycles. The van der Waals surface area contributed by atoms with Gasteiger partial charge in [-0.2, -0.15) is 0 Å². The highest BCUT2D eigenvalue weighted by atomic mass is 35.5. The molecule has 0 spiro atoms. The Labute approximate surface area is 137 Å². The summed E-state index contributed by atoms with van der Waals surface area (Å²) in [6.07, 6.45) is -0.305. The van der Waals surface area contributed by atoms with Gasteiger partial charge in [0.2, 0.25) is 0 Å². The van der Waals surface area contributed by atoms with E-state index in [2.05, 4.69) is 10.6 Å². The van der Waals surface area contributed by atoms with E-state index in [4.69, 9.17) is 21.4 Å². The van der Waals surface area contributed by atoms with E-state index in [9.17, 15) is 9.18 Å². The molecule has 23 heavy (non-hydrogen) atoms. The molecule has 1 aliphatic heterocycles. The number of hydrogen-bond donors (Lipinski definition) is 3. The van der Waals surface area contributed by atoms with Crippen LogP contribution in [0.3, 0.4) is 0 Å². The quantitative estimate of drug-likeness (QED) is 0.806. The van der Waals surface area contributed by atoms with E-state index < -0.39 is 11.7 Å². The minimum absolute atomic E-state index is 0.0488. The number of halogens is 2. The summed E-state index contributed by atoms with van der Waals surface area (Å²) < 4.78 is 19.3. The van der Waals surface area contributed by atoms with Crippen LogP contribution >= 0.6 is 11.6 Å². The van der Waals surface area contributed by atoms with Gasteiger partial charge in [-0.3, -0.25) is 4.79 Å². The van der Waals surface area contributed by atoms with Crippen molar-refractivity contribution in [3.63, 3.8) is 0 Å². The molecule has 0 unspecified atom stereocenters. The van der Waals surface area contributed by atoms with Crippen LogP contribution in [0.5, 0.6) is 5.75 Å². The van der Waals surface area contributed by atoms with Crippen LogP contribution in [0.1, 0.15) is 10.4 Å². The first-order valence-electron chi connectivity index (χ1n) is 6.99. The van der Waals surface area contributed by atoms with E-state index in [-0.39, 0.29) is 23.3 Å². The highest BCUT2D eigenvalue weighted by molar-refractivity contribution is 6.34. The average molecular weight is 337 g/mol. The van der Waals surface area contributed by atoms with Gasteiger partial charge in [-0.05, 0) is 30.3 Å². The van der Waals surface area contributed by atoms with Gasteiger partial charge < -0.3 is 20.5 Å². The summed E-state index contributed by atoms with van der Waals surface area (Å²) >= 11 is 5.88. The molecule has 1 heterocycles. The lowest BCUT2D eigenvalue weighted by molar-refractivity contribution is 0.102. The Morgan fingerprint density at radius 1 is 1.43 bits per heavy atom. The fraction of sp³-hybridized carbons (Fsp3) is 0.188. The zero-order valence-electron chi connectivity index (χ0n) is 12.0. The average Bonchev–Trinajstić information content (AvgIpc) is 2.54. The maximum absolute atomic E-state index is 13.8. The van der Waals surface area contributed by atoms with Crippen molar-refractivity contribution in [1.29, 1.82) is 0 Å². The Morgan fingerprint density at radius 2 is 2.26 bits per heavy atom. The molecule has 2 aromatic rings. The summed E-state index contributed by atoms with van der Waals surface area (Å²) in [5, 5.41) is 14.9. The summed E-state index contributed by atoms with van der Waals surface area (Å²) in [6.45, 7) is 0.372. The molecule has 1 aliphatic rings. The predicted molar refractivity (Wildman–Crippen MR) is 85.8 cm³/mol. The summed E-state index contributed by atoms with van der Waals surface area (Å²) in [6, 6.07) is 9.05. The molecule has 1 atom stereocenters. The lowest BCUT2D eigenvalue weighted by Gasteiger charge is -2.26. The second kappa shape index (κ2) is 6.44. The fourth-order valence-corrected chi connectivity index (χ4v) is 2.55. The van der Waals surface area contributed by atoms with Crippen molar-refractivity contribution in [1.82, 2.24) is 0 Å². The number of carbonyl (C=O) groups excluding carboxylic acids is 1. The first-order chi connectivity index (χ1) is 11.1. The number of hydrogen-bond acceptors (Lipinski definition) is 4. The van der Waals surface area contributed by atoms with E-state index in [1.165, 1.54) is 18.2 Å². The minimum atomic E-state index is -0.680. The second-order valence-corrected chi connectivity index (χ2v) is 5.47. The number of anilines is 2. The molecule has 0 saturated heterocycles. The predicted octanol–water partition coefficient (Wildman–Crippen LogP) is 2.90. The molecular weight excluding hydrogens is 323 g/mol. The lowest BCUT2D eigenvalue weighted by atomic mass is 10.1. The first-order valence-corrected chi connectivity index (χ1v) is 7.37. The van der Waals surface area contributed by atoms with E-state index >= 15 is 0 Å². The number of benzene rings is 2. The smallest absolute Gasteiger partial charge is 0.260 e. The highest BCUT2D eigenvalue weighted by Gasteiger charge is 2.20. The SMILES string of the molecule is O=C(Nc1ccc2c(c1)NC[C@H](CO)O2)c1c(F)cccc1Cl. The van der Waals surface area contributed by atoms with E-state index in [1.807, 2.05) is 0 Å². The van der Waals surface area contributed by atoms with Gasteiger partial charge in [-0.15, -0.1) is 0 Å². The normalized spacial score (nSPS) is 16.0.